The second-order valence-electron chi connectivity index (χ2n) is 8.92. The van der Waals surface area contributed by atoms with Crippen LogP contribution in [0.4, 0.5) is 4.79 Å². The minimum absolute atomic E-state index is 0.0148. The van der Waals surface area contributed by atoms with Crippen molar-refractivity contribution in [2.24, 2.45) is 17.8 Å². The van der Waals surface area contributed by atoms with Gasteiger partial charge in [-0.05, 0) is 30.6 Å². The maximum Gasteiger partial charge on any atom is 0.407 e. The number of amides is 2. The summed E-state index contributed by atoms with van der Waals surface area (Å²) >= 11 is 0. The largest absolute Gasteiger partial charge is 0.462 e. The summed E-state index contributed by atoms with van der Waals surface area (Å²) < 4.78 is 22.5. The van der Waals surface area contributed by atoms with Crippen LogP contribution in [0.1, 0.15) is 33.5 Å². The number of carbonyl (C=O) groups is 4. The highest BCUT2D eigenvalue weighted by molar-refractivity contribution is 5.77. The molecular formula is C24H35N3O7. The minimum atomic E-state index is -0.745. The van der Waals surface area contributed by atoms with Crippen molar-refractivity contribution < 1.29 is 34.8 Å². The predicted octanol–water partition coefficient (Wildman–Crippen LogP) is 0.444. The molecule has 34 heavy (non-hydrogen) atoms. The second kappa shape index (κ2) is 13.3. The number of rotatable bonds is 11. The zero-order valence-electron chi connectivity index (χ0n) is 20.8. The molecule has 188 valence electrons. The Bertz CT molecular complexity index is 825. The van der Waals surface area contributed by atoms with Crippen LogP contribution in [0.15, 0.2) is 0 Å². The standard InChI is InChI=1S/C24H35N3O7/c1-32-17-23(30)33-15-18-14-27(11-10-26(18)12-13-28)22(29)8-9-25-24(31)34-16-21-19-6-4-2-3-5-7-20(19)21/h13,18-21H,4-12,14-17H2,1H3,(H,25,31)/t18?,19-,20+,21?/i13D. The quantitative estimate of drug-likeness (QED) is 0.259. The summed E-state index contributed by atoms with van der Waals surface area (Å²) in [5, 5.41) is 2.65. The number of hydrogen-bond acceptors (Lipinski definition) is 8. The Hall–Kier alpha value is -2.64. The van der Waals surface area contributed by atoms with Crippen LogP contribution >= 0.6 is 0 Å². The van der Waals surface area contributed by atoms with Crippen molar-refractivity contribution in [3.63, 3.8) is 0 Å². The van der Waals surface area contributed by atoms with Crippen LogP contribution < -0.4 is 5.32 Å². The average Bonchev–Trinajstić information content (AvgIpc) is 3.45. The Morgan fingerprint density at radius 2 is 1.85 bits per heavy atom. The zero-order valence-corrected chi connectivity index (χ0v) is 19.8. The molecule has 1 saturated carbocycles. The number of aldehydes is 1. The third-order valence-corrected chi connectivity index (χ3v) is 6.78. The Morgan fingerprint density at radius 3 is 2.53 bits per heavy atom. The maximum absolute atomic E-state index is 12.7. The van der Waals surface area contributed by atoms with Gasteiger partial charge in [-0.15, -0.1) is 11.8 Å². The van der Waals surface area contributed by atoms with Gasteiger partial charge in [-0.1, -0.05) is 0 Å². The first-order chi connectivity index (χ1) is 16.9. The van der Waals surface area contributed by atoms with E-state index in [1.807, 2.05) is 0 Å². The molecule has 3 aliphatic rings. The molecule has 0 aromatic rings. The topological polar surface area (TPSA) is 114 Å². The molecule has 0 aromatic heterocycles. The van der Waals surface area contributed by atoms with E-state index in [0.29, 0.717) is 37.5 Å². The van der Waals surface area contributed by atoms with Gasteiger partial charge in [0.1, 0.15) is 20.8 Å². The molecule has 1 heterocycles. The van der Waals surface area contributed by atoms with Gasteiger partial charge in [0.15, 0.2) is 0 Å². The maximum atomic E-state index is 12.7. The molecule has 2 aliphatic carbocycles. The number of hydrogen-bond donors (Lipinski definition) is 1. The monoisotopic (exact) mass is 478 g/mol. The van der Waals surface area contributed by atoms with Crippen molar-refractivity contribution >= 4 is 24.2 Å². The number of piperazine rings is 1. The van der Waals surface area contributed by atoms with Crippen molar-refractivity contribution in [2.45, 2.75) is 38.1 Å². The number of esters is 1. The van der Waals surface area contributed by atoms with E-state index in [1.165, 1.54) is 7.11 Å². The number of ether oxygens (including phenoxy) is 3. The van der Waals surface area contributed by atoms with Crippen LogP contribution in [-0.2, 0) is 28.6 Å². The van der Waals surface area contributed by atoms with Crippen molar-refractivity contribution in [3.05, 3.63) is 0 Å². The van der Waals surface area contributed by atoms with Gasteiger partial charge >= 0.3 is 12.1 Å². The van der Waals surface area contributed by atoms with E-state index in [0.717, 1.165) is 25.7 Å². The lowest BCUT2D eigenvalue weighted by molar-refractivity contribution is -0.151. The van der Waals surface area contributed by atoms with Crippen LogP contribution in [0.3, 0.4) is 0 Å². The zero-order chi connectivity index (χ0) is 25.2. The first kappa shape index (κ1) is 24.5. The fourth-order valence-corrected chi connectivity index (χ4v) is 4.85. The van der Waals surface area contributed by atoms with Crippen LogP contribution in [0, 0.1) is 29.6 Å². The molecule has 0 spiro atoms. The Kier molecular flexibility index (Phi) is 9.58. The summed E-state index contributed by atoms with van der Waals surface area (Å²) in [7, 11) is 1.38. The first-order valence-corrected chi connectivity index (χ1v) is 11.9. The summed E-state index contributed by atoms with van der Waals surface area (Å²) in [6, 6.07) is -0.401. The summed E-state index contributed by atoms with van der Waals surface area (Å²) in [6.07, 6.45) is 2.80. The molecule has 1 aliphatic heterocycles. The molecule has 2 amide bonds. The number of methoxy groups -OCH3 is 1. The number of carbonyl (C=O) groups excluding carboxylic acids is 4. The lowest BCUT2D eigenvalue weighted by Gasteiger charge is -2.40. The lowest BCUT2D eigenvalue weighted by atomic mass is 10.1. The molecule has 10 heteroatoms. The summed E-state index contributed by atoms with van der Waals surface area (Å²) in [4.78, 5) is 51.0. The molecule has 1 N–H and O–H groups in total. The van der Waals surface area contributed by atoms with Crippen LogP contribution in [0.5, 0.6) is 0 Å². The molecule has 3 rings (SSSR count). The van der Waals surface area contributed by atoms with Gasteiger partial charge < -0.3 is 29.2 Å². The molecule has 0 aromatic carbocycles. The number of alkyl carbamates (subject to hydrolysis) is 1. The van der Waals surface area contributed by atoms with E-state index in [-0.39, 0.29) is 45.2 Å². The van der Waals surface area contributed by atoms with E-state index in [2.05, 4.69) is 17.2 Å². The fraction of sp³-hybridized carbons (Fsp3) is 0.750. The van der Waals surface area contributed by atoms with Crippen molar-refractivity contribution in [1.82, 2.24) is 15.1 Å². The number of nitrogens with zero attached hydrogens (tertiary/aromatic N) is 2. The fourth-order valence-electron chi connectivity index (χ4n) is 4.85. The molecule has 0 radical (unpaired) electrons. The van der Waals surface area contributed by atoms with E-state index in [4.69, 9.17) is 15.6 Å². The van der Waals surface area contributed by atoms with Crippen LogP contribution in [0.2, 0.25) is 0 Å². The van der Waals surface area contributed by atoms with Crippen molar-refractivity contribution in [2.75, 3.05) is 59.7 Å². The minimum Gasteiger partial charge on any atom is -0.462 e. The lowest BCUT2D eigenvalue weighted by Crippen LogP contribution is -2.57. The van der Waals surface area contributed by atoms with E-state index < -0.39 is 24.4 Å². The third kappa shape index (κ3) is 7.71. The Balaban J connectivity index is 1.36. The Morgan fingerprint density at radius 1 is 1.12 bits per heavy atom. The number of nitrogens with one attached hydrogen (secondary N) is 1. The van der Waals surface area contributed by atoms with Gasteiger partial charge in [-0.25, -0.2) is 9.59 Å². The van der Waals surface area contributed by atoms with Crippen LogP contribution in [-0.4, -0.2) is 99.7 Å². The number of fused-ring (bicyclic) bond motifs is 1. The highest BCUT2D eigenvalue weighted by Gasteiger charge is 2.49. The predicted molar refractivity (Wildman–Crippen MR) is 122 cm³/mol. The van der Waals surface area contributed by atoms with Gasteiger partial charge in [-0.3, -0.25) is 9.69 Å². The van der Waals surface area contributed by atoms with E-state index in [1.54, 1.807) is 9.80 Å². The Labute approximate surface area is 202 Å². The van der Waals surface area contributed by atoms with E-state index >= 15 is 0 Å². The van der Waals surface area contributed by atoms with Gasteiger partial charge in [0.2, 0.25) is 5.91 Å². The highest BCUT2D eigenvalue weighted by atomic mass is 16.6. The summed E-state index contributed by atoms with van der Waals surface area (Å²) in [6.45, 7) is 1.27. The second-order valence-corrected chi connectivity index (χ2v) is 8.92. The molecule has 10 nitrogen and oxygen atoms in total. The molecule has 0 bridgehead atoms. The molecule has 2 fully saturated rings. The van der Waals surface area contributed by atoms with Gasteiger partial charge in [0.05, 0.1) is 19.2 Å². The van der Waals surface area contributed by atoms with E-state index in [9.17, 15) is 19.2 Å². The highest BCUT2D eigenvalue weighted by Crippen LogP contribution is 2.52. The van der Waals surface area contributed by atoms with Gasteiger partial charge in [0.25, 0.3) is 0 Å². The molecule has 2 unspecified atom stereocenters. The van der Waals surface area contributed by atoms with Crippen LogP contribution in [0.25, 0.3) is 0 Å². The molecule has 4 atom stereocenters. The van der Waals surface area contributed by atoms with Gasteiger partial charge in [-0.2, -0.15) is 0 Å². The summed E-state index contributed by atoms with van der Waals surface area (Å²) in [5.41, 5.74) is 0. The smallest absolute Gasteiger partial charge is 0.407 e. The summed E-state index contributed by atoms with van der Waals surface area (Å²) in [5.74, 6) is 7.25. The normalized spacial score (nSPS) is 26.5. The van der Waals surface area contributed by atoms with Crippen molar-refractivity contribution in [3.8, 4) is 11.8 Å². The SMILES string of the molecule is [2H]C(=O)CN1CCN(C(=O)CCNC(=O)OCC2[C@H]3CCC#CCC[C@@H]23)CC1COC(=O)COC. The molecular weight excluding hydrogens is 442 g/mol. The van der Waals surface area contributed by atoms with Gasteiger partial charge in [0, 0.05) is 52.6 Å². The average molecular weight is 479 g/mol. The van der Waals surface area contributed by atoms with Crippen molar-refractivity contribution in [1.29, 1.82) is 0 Å². The molecule has 1 saturated heterocycles. The third-order valence-electron chi connectivity index (χ3n) is 6.78. The first-order valence-electron chi connectivity index (χ1n) is 12.4.